The summed E-state index contributed by atoms with van der Waals surface area (Å²) in [6, 6.07) is 12.8. The quantitative estimate of drug-likeness (QED) is 0.255. The van der Waals surface area contributed by atoms with Crippen LogP contribution in [-0.4, -0.2) is 89.6 Å². The topological polar surface area (TPSA) is 122 Å². The summed E-state index contributed by atoms with van der Waals surface area (Å²) in [4.78, 5) is 53.8. The highest BCUT2D eigenvalue weighted by atomic mass is 35.5. The van der Waals surface area contributed by atoms with Crippen LogP contribution in [0.15, 0.2) is 54.4 Å². The molecule has 0 unspecified atom stereocenters. The molecule has 2 fully saturated rings. The fraction of sp³-hybridized carbons (Fsp3) is 0.368. The number of anilines is 2. The predicted octanol–water partition coefficient (Wildman–Crippen LogP) is 4.91. The molecule has 2 aromatic carbocycles. The zero-order chi connectivity index (χ0) is 36.0. The molecular formula is C38H40ClN7O5. The summed E-state index contributed by atoms with van der Waals surface area (Å²) in [6.45, 7) is 5.91. The summed E-state index contributed by atoms with van der Waals surface area (Å²) in [5.41, 5.74) is 7.00. The van der Waals surface area contributed by atoms with E-state index in [0.29, 0.717) is 78.5 Å². The number of fused-ring (bicyclic) bond motifs is 1. The van der Waals surface area contributed by atoms with Crippen LogP contribution in [0.25, 0.3) is 11.1 Å². The molecule has 7 rings (SSSR count). The number of hydrogen-bond donors (Lipinski definition) is 1. The number of carbonyl (C=O) groups excluding carboxylic acids is 3. The van der Waals surface area contributed by atoms with Gasteiger partial charge >= 0.3 is 0 Å². The molecular weight excluding hydrogens is 670 g/mol. The fourth-order valence-corrected chi connectivity index (χ4v) is 7.67. The van der Waals surface area contributed by atoms with E-state index in [9.17, 15) is 14.4 Å². The van der Waals surface area contributed by atoms with Crippen molar-refractivity contribution in [2.24, 2.45) is 12.5 Å². The molecule has 12 nitrogen and oxygen atoms in total. The summed E-state index contributed by atoms with van der Waals surface area (Å²) in [6.07, 6.45) is 3.10. The number of carbonyl (C=O) groups is 2. The lowest BCUT2D eigenvalue weighted by Gasteiger charge is -2.37. The molecule has 0 saturated carbocycles. The van der Waals surface area contributed by atoms with E-state index >= 15 is 0 Å². The summed E-state index contributed by atoms with van der Waals surface area (Å²) >= 11 is 6.97. The van der Waals surface area contributed by atoms with E-state index < -0.39 is 0 Å². The molecule has 0 radical (unpaired) electrons. The Balaban J connectivity index is 1.10. The van der Waals surface area contributed by atoms with Crippen molar-refractivity contribution in [1.29, 1.82) is 0 Å². The minimum atomic E-state index is -0.337. The summed E-state index contributed by atoms with van der Waals surface area (Å²) in [7, 11) is 7.16. The molecule has 2 saturated heterocycles. The zero-order valence-corrected chi connectivity index (χ0v) is 30.1. The van der Waals surface area contributed by atoms with E-state index in [0.717, 1.165) is 41.0 Å². The van der Waals surface area contributed by atoms with Gasteiger partial charge in [0.15, 0.2) is 5.82 Å². The van der Waals surface area contributed by atoms with Gasteiger partial charge in [-0.25, -0.2) is 9.78 Å². The number of aromatic nitrogens is 3. The average Bonchev–Trinajstić information content (AvgIpc) is 3.66. The molecule has 0 atom stereocenters. The van der Waals surface area contributed by atoms with Crippen molar-refractivity contribution in [1.82, 2.24) is 24.3 Å². The Bertz CT molecular complexity index is 2100. The Kier molecular flexibility index (Phi) is 9.19. The van der Waals surface area contributed by atoms with Gasteiger partial charge in [-0.05, 0) is 37.2 Å². The normalized spacial score (nSPS) is 16.4. The highest BCUT2D eigenvalue weighted by molar-refractivity contribution is 6.36. The Morgan fingerprint density at radius 1 is 1.16 bits per heavy atom. The Hall–Kier alpha value is -5.00. The minimum absolute atomic E-state index is 0.0331. The molecule has 1 spiro atoms. The lowest BCUT2D eigenvalue weighted by molar-refractivity contribution is -0.105. The number of pyridine rings is 1. The number of amides is 2. The lowest BCUT2D eigenvalue weighted by Crippen LogP contribution is -2.44. The highest BCUT2D eigenvalue weighted by Gasteiger charge is 2.47. The van der Waals surface area contributed by atoms with Crippen molar-refractivity contribution < 1.29 is 23.9 Å². The number of benzene rings is 2. The minimum Gasteiger partial charge on any atom is -0.496 e. The number of methoxy groups -OCH3 is 1. The second kappa shape index (κ2) is 13.6. The largest absolute Gasteiger partial charge is 0.496 e. The number of imidazole rings is 1. The van der Waals surface area contributed by atoms with Crippen LogP contribution in [-0.2, 0) is 36.1 Å². The van der Waals surface area contributed by atoms with E-state index in [4.69, 9.17) is 21.1 Å². The molecule has 4 aromatic rings. The Labute approximate surface area is 301 Å². The number of likely N-dealkylation sites (N-methyl/N-ethyl adjacent to an activating group) is 1. The van der Waals surface area contributed by atoms with Crippen LogP contribution in [0.1, 0.15) is 50.0 Å². The molecule has 3 aliphatic heterocycles. The summed E-state index contributed by atoms with van der Waals surface area (Å²) in [5, 5.41) is 3.34. The molecule has 5 heterocycles. The van der Waals surface area contributed by atoms with Gasteiger partial charge in [0.05, 0.1) is 42.4 Å². The third kappa shape index (κ3) is 6.29. The third-order valence-corrected chi connectivity index (χ3v) is 10.7. The number of nitrogens with one attached hydrogen (secondary N) is 1. The van der Waals surface area contributed by atoms with Gasteiger partial charge in [-0.1, -0.05) is 35.9 Å². The van der Waals surface area contributed by atoms with Gasteiger partial charge in [0, 0.05) is 93.3 Å². The maximum atomic E-state index is 13.8. The second-order valence-corrected chi connectivity index (χ2v) is 14.1. The SMILES string of the molecule is COc1cc(C(=O)N(C)c2cccc(-c3cccc(NC(=O)c4nc5c(n4C)CCN(C)C5)c3Cl)c2C)ncc1CN1CC2(COC2)CC1=C=O. The average molecular weight is 710 g/mol. The first kappa shape index (κ1) is 34.4. The van der Waals surface area contributed by atoms with Crippen LogP contribution in [0, 0.1) is 12.3 Å². The monoisotopic (exact) mass is 709 g/mol. The smallest absolute Gasteiger partial charge is 0.291 e. The summed E-state index contributed by atoms with van der Waals surface area (Å²) in [5.74, 6) is 2.28. The predicted molar refractivity (Wildman–Crippen MR) is 194 cm³/mol. The van der Waals surface area contributed by atoms with Gasteiger partial charge in [0.25, 0.3) is 11.8 Å². The maximum Gasteiger partial charge on any atom is 0.291 e. The lowest BCUT2D eigenvalue weighted by atomic mass is 9.85. The van der Waals surface area contributed by atoms with Crippen LogP contribution in [0.4, 0.5) is 11.4 Å². The van der Waals surface area contributed by atoms with Crippen LogP contribution in [0.5, 0.6) is 5.75 Å². The molecule has 0 aliphatic carbocycles. The van der Waals surface area contributed by atoms with Crippen LogP contribution in [0.2, 0.25) is 5.02 Å². The number of likely N-dealkylation sites (tertiary alicyclic amines) is 1. The van der Waals surface area contributed by atoms with Crippen molar-refractivity contribution in [2.45, 2.75) is 32.9 Å². The summed E-state index contributed by atoms with van der Waals surface area (Å²) < 4.78 is 13.0. The van der Waals surface area contributed by atoms with Gasteiger partial charge in [-0.15, -0.1) is 0 Å². The van der Waals surface area contributed by atoms with Gasteiger partial charge < -0.3 is 34.1 Å². The molecule has 2 amide bonds. The molecule has 2 aromatic heterocycles. The van der Waals surface area contributed by atoms with E-state index in [1.54, 1.807) is 37.4 Å². The standard InChI is InChI=1S/C38H40ClN7O5/c1-23-26(27-9-6-10-28(34(27)39)42-36(48)35-41-30-18-43(2)13-12-32(30)44(35)3)8-7-11-31(23)45(4)37(49)29-14-33(50-5)24(16-40-29)17-46-20-38(21-51-22-38)15-25(46)19-47/h6-11,14,16H,12-13,15,17-18,20-22H2,1-5H3,(H,42,48). The first-order chi connectivity index (χ1) is 24.5. The third-order valence-electron chi connectivity index (χ3n) is 10.3. The number of rotatable bonds is 8. The number of allylic oxidation sites excluding steroid dienone is 1. The van der Waals surface area contributed by atoms with E-state index in [1.807, 2.05) is 60.8 Å². The first-order valence-corrected chi connectivity index (χ1v) is 17.2. The van der Waals surface area contributed by atoms with Crippen molar-refractivity contribution in [3.63, 3.8) is 0 Å². The molecule has 13 heteroatoms. The Morgan fingerprint density at radius 3 is 2.65 bits per heavy atom. The molecule has 1 N–H and O–H groups in total. The molecule has 0 bridgehead atoms. The van der Waals surface area contributed by atoms with Gasteiger partial charge in [0.2, 0.25) is 0 Å². The molecule has 51 heavy (non-hydrogen) atoms. The number of hydrogen-bond acceptors (Lipinski definition) is 9. The van der Waals surface area contributed by atoms with Crippen molar-refractivity contribution >= 4 is 40.7 Å². The fourth-order valence-electron chi connectivity index (χ4n) is 7.39. The number of halogens is 1. The van der Waals surface area contributed by atoms with Crippen molar-refractivity contribution in [2.75, 3.05) is 57.7 Å². The van der Waals surface area contributed by atoms with Crippen LogP contribution < -0.4 is 15.0 Å². The second-order valence-electron chi connectivity index (χ2n) is 13.8. The van der Waals surface area contributed by atoms with Crippen molar-refractivity contribution in [3.8, 4) is 16.9 Å². The van der Waals surface area contributed by atoms with Gasteiger partial charge in [0.1, 0.15) is 17.4 Å². The highest BCUT2D eigenvalue weighted by Crippen LogP contribution is 2.43. The first-order valence-electron chi connectivity index (χ1n) is 16.8. The maximum absolute atomic E-state index is 13.8. The van der Waals surface area contributed by atoms with Crippen LogP contribution >= 0.6 is 11.6 Å². The van der Waals surface area contributed by atoms with Crippen LogP contribution in [0.3, 0.4) is 0 Å². The number of ether oxygens (including phenoxy) is 2. The van der Waals surface area contributed by atoms with Gasteiger partial charge in [-0.3, -0.25) is 14.6 Å². The van der Waals surface area contributed by atoms with Gasteiger partial charge in [-0.2, -0.15) is 0 Å². The molecule has 264 valence electrons. The Morgan fingerprint density at radius 2 is 1.92 bits per heavy atom. The number of nitrogens with zero attached hydrogens (tertiary/aromatic N) is 6. The van der Waals surface area contributed by atoms with Crippen molar-refractivity contribution in [3.05, 3.63) is 93.4 Å². The van der Waals surface area contributed by atoms with E-state index in [-0.39, 0.29) is 22.9 Å². The zero-order valence-electron chi connectivity index (χ0n) is 29.4. The molecule has 3 aliphatic rings. The van der Waals surface area contributed by atoms with E-state index in [1.165, 1.54) is 0 Å². The van der Waals surface area contributed by atoms with E-state index in [2.05, 4.69) is 26.1 Å².